The smallest absolute Gasteiger partial charge is 0.310 e. The van der Waals surface area contributed by atoms with Crippen molar-refractivity contribution in [1.82, 2.24) is 4.98 Å². The first kappa shape index (κ1) is 17.7. The highest BCUT2D eigenvalue weighted by Gasteiger charge is 2.12. The number of carbonyl (C=O) groups is 2. The van der Waals surface area contributed by atoms with Crippen LogP contribution in [-0.2, 0) is 22.4 Å². The van der Waals surface area contributed by atoms with Crippen LogP contribution in [0.1, 0.15) is 34.8 Å². The molecule has 126 valence electrons. The van der Waals surface area contributed by atoms with Crippen molar-refractivity contribution in [3.63, 3.8) is 0 Å². The molecule has 5 nitrogen and oxygen atoms in total. The molecule has 0 atom stereocenters. The lowest BCUT2D eigenvalue weighted by Gasteiger charge is -2.10. The average Bonchev–Trinajstić information content (AvgIpc) is 2.59. The van der Waals surface area contributed by atoms with Gasteiger partial charge in [0.15, 0.2) is 5.78 Å². The number of carbonyl (C=O) groups excluding carboxylic acids is 2. The SMILES string of the molecule is COc1ccc(C(C)=O)cc1CC(=O)OCCCc1cccnc1. The van der Waals surface area contributed by atoms with Crippen molar-refractivity contribution >= 4 is 11.8 Å². The van der Waals surface area contributed by atoms with Gasteiger partial charge in [0.1, 0.15) is 5.75 Å². The molecule has 5 heteroatoms. The number of aromatic nitrogens is 1. The quantitative estimate of drug-likeness (QED) is 0.424. The number of aryl methyl sites for hydroxylation is 1. The zero-order chi connectivity index (χ0) is 17.4. The lowest BCUT2D eigenvalue weighted by Crippen LogP contribution is -2.11. The van der Waals surface area contributed by atoms with Crippen LogP contribution in [0.15, 0.2) is 42.7 Å². The summed E-state index contributed by atoms with van der Waals surface area (Å²) in [6.45, 7) is 1.84. The molecule has 0 N–H and O–H groups in total. The lowest BCUT2D eigenvalue weighted by atomic mass is 10.0. The molecule has 0 spiro atoms. The molecule has 1 aromatic heterocycles. The van der Waals surface area contributed by atoms with Crippen molar-refractivity contribution in [2.45, 2.75) is 26.2 Å². The maximum Gasteiger partial charge on any atom is 0.310 e. The third kappa shape index (κ3) is 5.19. The Kier molecular flexibility index (Phi) is 6.49. The molecule has 0 aliphatic carbocycles. The summed E-state index contributed by atoms with van der Waals surface area (Å²) in [5.41, 5.74) is 2.32. The molecule has 0 saturated carbocycles. The first-order valence-electron chi connectivity index (χ1n) is 7.82. The third-order valence-electron chi connectivity index (χ3n) is 3.62. The fraction of sp³-hybridized carbons (Fsp3) is 0.316. The number of esters is 1. The highest BCUT2D eigenvalue weighted by atomic mass is 16.5. The molecule has 0 aliphatic rings. The summed E-state index contributed by atoms with van der Waals surface area (Å²) in [5.74, 6) is 0.191. The minimum atomic E-state index is -0.333. The van der Waals surface area contributed by atoms with E-state index in [0.717, 1.165) is 18.4 Å². The highest BCUT2D eigenvalue weighted by Crippen LogP contribution is 2.21. The topological polar surface area (TPSA) is 65.5 Å². The fourth-order valence-corrected chi connectivity index (χ4v) is 2.35. The third-order valence-corrected chi connectivity index (χ3v) is 3.62. The number of nitrogens with zero attached hydrogens (tertiary/aromatic N) is 1. The van der Waals surface area contributed by atoms with E-state index in [-0.39, 0.29) is 18.2 Å². The van der Waals surface area contributed by atoms with Crippen LogP contribution in [-0.4, -0.2) is 30.5 Å². The maximum absolute atomic E-state index is 12.0. The zero-order valence-corrected chi connectivity index (χ0v) is 14.0. The summed E-state index contributed by atoms with van der Waals surface area (Å²) in [6.07, 6.45) is 5.16. The summed E-state index contributed by atoms with van der Waals surface area (Å²) in [5, 5.41) is 0. The first-order chi connectivity index (χ1) is 11.6. The van der Waals surface area contributed by atoms with Gasteiger partial charge in [0.2, 0.25) is 0 Å². The van der Waals surface area contributed by atoms with Gasteiger partial charge in [-0.3, -0.25) is 14.6 Å². The van der Waals surface area contributed by atoms with Gasteiger partial charge in [-0.1, -0.05) is 6.07 Å². The Hall–Kier alpha value is -2.69. The summed E-state index contributed by atoms with van der Waals surface area (Å²) < 4.78 is 10.5. The predicted molar refractivity (Wildman–Crippen MR) is 90.2 cm³/mol. The van der Waals surface area contributed by atoms with E-state index in [0.29, 0.717) is 23.5 Å². The average molecular weight is 327 g/mol. The summed E-state index contributed by atoms with van der Waals surface area (Å²) in [4.78, 5) is 27.5. The first-order valence-corrected chi connectivity index (χ1v) is 7.82. The second-order valence-electron chi connectivity index (χ2n) is 5.44. The molecule has 1 aromatic carbocycles. The van der Waals surface area contributed by atoms with E-state index in [9.17, 15) is 9.59 Å². The van der Waals surface area contributed by atoms with Gasteiger partial charge in [-0.15, -0.1) is 0 Å². The molecule has 0 fully saturated rings. The number of ketones is 1. The van der Waals surface area contributed by atoms with Gasteiger partial charge in [-0.05, 0) is 49.6 Å². The molecule has 2 rings (SSSR count). The lowest BCUT2D eigenvalue weighted by molar-refractivity contribution is -0.142. The van der Waals surface area contributed by atoms with Gasteiger partial charge in [0.25, 0.3) is 0 Å². The number of rotatable bonds is 8. The number of benzene rings is 1. The van der Waals surface area contributed by atoms with Gasteiger partial charge in [-0.25, -0.2) is 0 Å². The second-order valence-corrected chi connectivity index (χ2v) is 5.44. The van der Waals surface area contributed by atoms with Crippen LogP contribution in [0.4, 0.5) is 0 Å². The van der Waals surface area contributed by atoms with Gasteiger partial charge in [0, 0.05) is 23.5 Å². The Morgan fingerprint density at radius 1 is 1.21 bits per heavy atom. The summed E-state index contributed by atoms with van der Waals surface area (Å²) >= 11 is 0. The van der Waals surface area contributed by atoms with Crippen LogP contribution in [0, 0.1) is 0 Å². The normalized spacial score (nSPS) is 10.2. The van der Waals surface area contributed by atoms with Crippen molar-refractivity contribution in [3.8, 4) is 5.75 Å². The molecule has 0 bridgehead atoms. The predicted octanol–water partition coefficient (Wildman–Crippen LogP) is 3.01. The Bertz CT molecular complexity index is 698. The van der Waals surface area contributed by atoms with Crippen molar-refractivity contribution in [2.75, 3.05) is 13.7 Å². The molecule has 2 aromatic rings. The summed E-state index contributed by atoms with van der Waals surface area (Å²) in [6, 6.07) is 8.94. The van der Waals surface area contributed by atoms with E-state index >= 15 is 0 Å². The summed E-state index contributed by atoms with van der Waals surface area (Å²) in [7, 11) is 1.53. The van der Waals surface area contributed by atoms with Gasteiger partial charge < -0.3 is 9.47 Å². The highest BCUT2D eigenvalue weighted by molar-refractivity contribution is 5.94. The molecule has 0 amide bonds. The number of hydrogen-bond acceptors (Lipinski definition) is 5. The van der Waals surface area contributed by atoms with Gasteiger partial charge in [0.05, 0.1) is 20.1 Å². The molecular formula is C19H21NO4. The van der Waals surface area contributed by atoms with E-state index in [4.69, 9.17) is 9.47 Å². The molecule has 0 radical (unpaired) electrons. The van der Waals surface area contributed by atoms with E-state index < -0.39 is 0 Å². The fourth-order valence-electron chi connectivity index (χ4n) is 2.35. The Morgan fingerprint density at radius 3 is 2.71 bits per heavy atom. The minimum absolute atomic E-state index is 0.0521. The molecule has 0 unspecified atom stereocenters. The van der Waals surface area contributed by atoms with Crippen molar-refractivity contribution < 1.29 is 19.1 Å². The van der Waals surface area contributed by atoms with Crippen molar-refractivity contribution in [3.05, 3.63) is 59.4 Å². The van der Waals surface area contributed by atoms with E-state index in [1.54, 1.807) is 30.6 Å². The van der Waals surface area contributed by atoms with Crippen LogP contribution < -0.4 is 4.74 Å². The number of Topliss-reactive ketones (excluding diaryl/α,β-unsaturated/α-hetero) is 1. The maximum atomic E-state index is 12.0. The number of pyridine rings is 1. The van der Waals surface area contributed by atoms with E-state index in [1.165, 1.54) is 14.0 Å². The standard InChI is InChI=1S/C19H21NO4/c1-14(21)16-7-8-18(23-2)17(11-16)12-19(22)24-10-4-6-15-5-3-9-20-13-15/h3,5,7-9,11,13H,4,6,10,12H2,1-2H3. The Balaban J connectivity index is 1.85. The van der Waals surface area contributed by atoms with Crippen molar-refractivity contribution in [2.24, 2.45) is 0 Å². The second kappa shape index (κ2) is 8.82. The zero-order valence-electron chi connectivity index (χ0n) is 14.0. The van der Waals surface area contributed by atoms with E-state index in [2.05, 4.69) is 4.98 Å². The molecule has 0 aliphatic heterocycles. The van der Waals surface area contributed by atoms with Crippen LogP contribution in [0.25, 0.3) is 0 Å². The van der Waals surface area contributed by atoms with Crippen LogP contribution in [0.5, 0.6) is 5.75 Å². The van der Waals surface area contributed by atoms with E-state index in [1.807, 2.05) is 12.1 Å². The number of hydrogen-bond donors (Lipinski definition) is 0. The number of ether oxygens (including phenoxy) is 2. The molecule has 24 heavy (non-hydrogen) atoms. The van der Waals surface area contributed by atoms with Gasteiger partial charge >= 0.3 is 5.97 Å². The molecule has 1 heterocycles. The van der Waals surface area contributed by atoms with Crippen molar-refractivity contribution in [1.29, 1.82) is 0 Å². The van der Waals surface area contributed by atoms with Crippen LogP contribution >= 0.6 is 0 Å². The number of methoxy groups -OCH3 is 1. The van der Waals surface area contributed by atoms with Crippen LogP contribution in [0.2, 0.25) is 0 Å². The van der Waals surface area contributed by atoms with Gasteiger partial charge in [-0.2, -0.15) is 0 Å². The monoisotopic (exact) mass is 327 g/mol. The molecule has 0 saturated heterocycles. The minimum Gasteiger partial charge on any atom is -0.496 e. The largest absolute Gasteiger partial charge is 0.496 e. The Labute approximate surface area is 141 Å². The Morgan fingerprint density at radius 2 is 2.04 bits per heavy atom. The van der Waals surface area contributed by atoms with Crippen LogP contribution in [0.3, 0.4) is 0 Å². The molecular weight excluding hydrogens is 306 g/mol.